The van der Waals surface area contributed by atoms with E-state index in [0.717, 1.165) is 37.4 Å². The summed E-state index contributed by atoms with van der Waals surface area (Å²) in [4.78, 5) is 6.76. The van der Waals surface area contributed by atoms with Crippen molar-refractivity contribution in [3.8, 4) is 12.3 Å². The standard InChI is InChI=1S/C23H30N4O2S/c1-4-18-30(28,29)24-19-23(20-10-12-21(13-11-20)25(2)3)27-16-14-26(15-17-27)22-8-6-5-7-9-22/h1,5-13,23-24H,14-19H2,2-3H3. The fourth-order valence-electron chi connectivity index (χ4n) is 3.75. The number of nitrogens with zero attached hydrogens (tertiary/aromatic N) is 3. The van der Waals surface area contributed by atoms with Crippen LogP contribution in [0.1, 0.15) is 11.6 Å². The number of nitrogens with one attached hydrogen (secondary N) is 1. The van der Waals surface area contributed by atoms with Gasteiger partial charge in [0.25, 0.3) is 0 Å². The van der Waals surface area contributed by atoms with Crippen LogP contribution in [0.4, 0.5) is 11.4 Å². The van der Waals surface area contributed by atoms with Crippen LogP contribution in [0, 0.1) is 12.3 Å². The van der Waals surface area contributed by atoms with Gasteiger partial charge in [0.2, 0.25) is 10.0 Å². The second kappa shape index (κ2) is 9.98. The van der Waals surface area contributed by atoms with E-state index in [-0.39, 0.29) is 11.8 Å². The van der Waals surface area contributed by atoms with E-state index in [4.69, 9.17) is 6.42 Å². The molecule has 2 aromatic rings. The van der Waals surface area contributed by atoms with E-state index in [9.17, 15) is 8.42 Å². The molecular formula is C23H30N4O2S. The lowest BCUT2D eigenvalue weighted by Gasteiger charge is -2.40. The molecule has 0 aliphatic carbocycles. The summed E-state index contributed by atoms with van der Waals surface area (Å²) < 4.78 is 27.0. The van der Waals surface area contributed by atoms with E-state index < -0.39 is 10.0 Å². The number of para-hydroxylation sites is 1. The molecule has 0 amide bonds. The molecule has 7 heteroatoms. The minimum Gasteiger partial charge on any atom is -0.378 e. The van der Waals surface area contributed by atoms with Crippen LogP contribution in [-0.4, -0.2) is 65.9 Å². The molecule has 1 N–H and O–H groups in total. The van der Waals surface area contributed by atoms with Crippen molar-refractivity contribution in [1.29, 1.82) is 0 Å². The zero-order valence-corrected chi connectivity index (χ0v) is 18.5. The van der Waals surface area contributed by atoms with Crippen LogP contribution in [-0.2, 0) is 10.0 Å². The van der Waals surface area contributed by atoms with Gasteiger partial charge in [-0.3, -0.25) is 4.90 Å². The monoisotopic (exact) mass is 426 g/mol. The molecule has 30 heavy (non-hydrogen) atoms. The number of sulfonamides is 1. The van der Waals surface area contributed by atoms with Gasteiger partial charge in [-0.25, -0.2) is 13.1 Å². The van der Waals surface area contributed by atoms with E-state index in [0.29, 0.717) is 6.54 Å². The van der Waals surface area contributed by atoms with E-state index in [1.54, 1.807) is 0 Å². The SMILES string of the molecule is C#CCS(=O)(=O)NCC(c1ccc(N(C)C)cc1)N1CCN(c2ccccc2)CC1. The number of benzene rings is 2. The number of terminal acetylenes is 1. The van der Waals surface area contributed by atoms with Crippen molar-refractivity contribution in [2.24, 2.45) is 0 Å². The van der Waals surface area contributed by atoms with Crippen LogP contribution in [0.25, 0.3) is 0 Å². The van der Waals surface area contributed by atoms with Gasteiger partial charge in [-0.2, -0.15) is 0 Å². The van der Waals surface area contributed by atoms with Crippen LogP contribution in [0.5, 0.6) is 0 Å². The highest BCUT2D eigenvalue weighted by molar-refractivity contribution is 7.89. The molecule has 1 aliphatic rings. The predicted octanol–water partition coefficient (Wildman–Crippen LogP) is 2.17. The fraction of sp³-hybridized carbons (Fsp3) is 0.391. The summed E-state index contributed by atoms with van der Waals surface area (Å²) in [5.74, 6) is 1.91. The molecule has 1 saturated heterocycles. The maximum Gasteiger partial charge on any atom is 0.222 e. The van der Waals surface area contributed by atoms with Crippen LogP contribution >= 0.6 is 0 Å². The molecule has 0 radical (unpaired) electrons. The van der Waals surface area contributed by atoms with Crippen LogP contribution < -0.4 is 14.5 Å². The Hall–Kier alpha value is -2.53. The molecule has 1 atom stereocenters. The number of hydrogen-bond donors (Lipinski definition) is 1. The molecule has 3 rings (SSSR count). The average molecular weight is 427 g/mol. The number of anilines is 2. The minimum absolute atomic E-state index is 0.0494. The molecule has 6 nitrogen and oxygen atoms in total. The van der Waals surface area contributed by atoms with Crippen molar-refractivity contribution in [2.45, 2.75) is 6.04 Å². The summed E-state index contributed by atoms with van der Waals surface area (Å²) in [7, 11) is 0.526. The molecule has 1 aliphatic heterocycles. The first-order valence-electron chi connectivity index (χ1n) is 10.1. The average Bonchev–Trinajstić information content (AvgIpc) is 2.75. The fourth-order valence-corrected chi connectivity index (χ4v) is 4.48. The van der Waals surface area contributed by atoms with E-state index >= 15 is 0 Å². The third-order valence-corrected chi connectivity index (χ3v) is 6.59. The van der Waals surface area contributed by atoms with Crippen molar-refractivity contribution in [3.05, 3.63) is 60.2 Å². The van der Waals surface area contributed by atoms with Gasteiger partial charge >= 0.3 is 0 Å². The second-order valence-electron chi connectivity index (χ2n) is 7.67. The zero-order chi connectivity index (χ0) is 21.6. The van der Waals surface area contributed by atoms with Gasteiger partial charge in [-0.1, -0.05) is 36.3 Å². The normalized spacial score (nSPS) is 16.1. The topological polar surface area (TPSA) is 55.9 Å². The van der Waals surface area contributed by atoms with Crippen molar-refractivity contribution in [2.75, 3.05) is 62.4 Å². The van der Waals surface area contributed by atoms with Crippen LogP contribution in [0.2, 0.25) is 0 Å². The number of hydrogen-bond acceptors (Lipinski definition) is 5. The lowest BCUT2D eigenvalue weighted by Crippen LogP contribution is -2.50. The van der Waals surface area contributed by atoms with Gasteiger partial charge in [0.1, 0.15) is 5.75 Å². The van der Waals surface area contributed by atoms with Gasteiger partial charge in [0.05, 0.1) is 0 Å². The summed E-state index contributed by atoms with van der Waals surface area (Å²) in [6.45, 7) is 3.80. The Balaban J connectivity index is 1.75. The Morgan fingerprint density at radius 2 is 1.67 bits per heavy atom. The highest BCUT2D eigenvalue weighted by Crippen LogP contribution is 2.26. The predicted molar refractivity (Wildman–Crippen MR) is 124 cm³/mol. The van der Waals surface area contributed by atoms with Crippen molar-refractivity contribution < 1.29 is 8.42 Å². The molecule has 160 valence electrons. The molecule has 0 saturated carbocycles. The van der Waals surface area contributed by atoms with Crippen molar-refractivity contribution in [3.63, 3.8) is 0 Å². The first-order valence-corrected chi connectivity index (χ1v) is 11.8. The Bertz CT molecular complexity index is 945. The van der Waals surface area contributed by atoms with Gasteiger partial charge < -0.3 is 9.80 Å². The molecule has 0 aromatic heterocycles. The minimum atomic E-state index is -3.48. The van der Waals surface area contributed by atoms with Gasteiger partial charge in [0, 0.05) is 64.2 Å². The van der Waals surface area contributed by atoms with E-state index in [1.807, 2.05) is 25.1 Å². The Morgan fingerprint density at radius 3 is 2.23 bits per heavy atom. The zero-order valence-electron chi connectivity index (χ0n) is 17.7. The third kappa shape index (κ3) is 5.76. The Morgan fingerprint density at radius 1 is 1.03 bits per heavy atom. The number of rotatable bonds is 8. The van der Waals surface area contributed by atoms with Gasteiger partial charge in [0.15, 0.2) is 0 Å². The molecule has 1 fully saturated rings. The first kappa shape index (κ1) is 22.2. The maximum absolute atomic E-state index is 12.1. The first-order chi connectivity index (χ1) is 14.4. The highest BCUT2D eigenvalue weighted by Gasteiger charge is 2.26. The summed E-state index contributed by atoms with van der Waals surface area (Å²) in [5.41, 5.74) is 3.43. The molecule has 1 heterocycles. The summed E-state index contributed by atoms with van der Waals surface area (Å²) in [5, 5.41) is 0. The van der Waals surface area contributed by atoms with Crippen molar-refractivity contribution in [1.82, 2.24) is 9.62 Å². The lowest BCUT2D eigenvalue weighted by atomic mass is 10.0. The molecule has 2 aromatic carbocycles. The van der Waals surface area contributed by atoms with Crippen molar-refractivity contribution >= 4 is 21.4 Å². The van der Waals surface area contributed by atoms with Gasteiger partial charge in [-0.15, -0.1) is 6.42 Å². The number of piperazine rings is 1. The summed E-state index contributed by atoms with van der Waals surface area (Å²) in [6, 6.07) is 18.6. The molecule has 0 spiro atoms. The lowest BCUT2D eigenvalue weighted by molar-refractivity contribution is 0.187. The quantitative estimate of drug-likeness (QED) is 0.656. The molecular weight excluding hydrogens is 396 g/mol. The largest absolute Gasteiger partial charge is 0.378 e. The third-order valence-electron chi connectivity index (χ3n) is 5.44. The van der Waals surface area contributed by atoms with E-state index in [1.165, 1.54) is 5.69 Å². The molecule has 0 bridgehead atoms. The van der Waals surface area contributed by atoms with Crippen LogP contribution in [0.15, 0.2) is 54.6 Å². The highest BCUT2D eigenvalue weighted by atomic mass is 32.2. The Kier molecular flexibility index (Phi) is 7.38. The van der Waals surface area contributed by atoms with E-state index in [2.05, 4.69) is 69.0 Å². The molecule has 1 unspecified atom stereocenters. The Labute approximate surface area is 180 Å². The van der Waals surface area contributed by atoms with Crippen LogP contribution in [0.3, 0.4) is 0 Å². The maximum atomic E-state index is 12.1. The van der Waals surface area contributed by atoms with Gasteiger partial charge in [-0.05, 0) is 29.8 Å². The summed E-state index contributed by atoms with van der Waals surface area (Å²) >= 11 is 0. The second-order valence-corrected chi connectivity index (χ2v) is 9.48. The smallest absolute Gasteiger partial charge is 0.222 e. The summed E-state index contributed by atoms with van der Waals surface area (Å²) in [6.07, 6.45) is 5.20.